The van der Waals surface area contributed by atoms with Gasteiger partial charge in [0.15, 0.2) is 0 Å². The van der Waals surface area contributed by atoms with E-state index in [-0.39, 0.29) is 24.5 Å². The van der Waals surface area contributed by atoms with Crippen molar-refractivity contribution in [2.75, 3.05) is 13.2 Å². The van der Waals surface area contributed by atoms with Crippen molar-refractivity contribution in [2.24, 2.45) is 11.8 Å². The summed E-state index contributed by atoms with van der Waals surface area (Å²) in [5.41, 5.74) is 0. The summed E-state index contributed by atoms with van der Waals surface area (Å²) in [5.74, 6) is 0.462. The summed E-state index contributed by atoms with van der Waals surface area (Å²) in [6.07, 6.45) is 1.27. The van der Waals surface area contributed by atoms with E-state index in [1.54, 1.807) is 0 Å². The molecule has 2 aliphatic heterocycles. The van der Waals surface area contributed by atoms with E-state index in [1.807, 2.05) is 13.8 Å². The molecule has 0 aromatic heterocycles. The number of aliphatic hydroxyl groups excluding tert-OH is 3. The molecular formula is C19H36N2O5. The minimum atomic E-state index is -1.26. The number of carbonyl (C=O) groups is 1. The van der Waals surface area contributed by atoms with Crippen molar-refractivity contribution in [3.63, 3.8) is 0 Å². The SMILES string of the molecule is CCCCCC1CNC(C(=O)NC(C(C)C)C2OCC(O)C(O)C2O)C1. The molecule has 0 aliphatic carbocycles. The summed E-state index contributed by atoms with van der Waals surface area (Å²) in [7, 11) is 0. The topological polar surface area (TPSA) is 111 Å². The highest BCUT2D eigenvalue weighted by Gasteiger charge is 2.43. The number of carbonyl (C=O) groups excluding carboxylic acids is 1. The molecule has 7 atom stereocenters. The van der Waals surface area contributed by atoms with Gasteiger partial charge in [-0.05, 0) is 31.2 Å². The second-order valence-corrected chi connectivity index (χ2v) is 8.18. The summed E-state index contributed by atoms with van der Waals surface area (Å²) in [5, 5.41) is 36.1. The van der Waals surface area contributed by atoms with E-state index in [0.29, 0.717) is 5.92 Å². The molecule has 2 fully saturated rings. The van der Waals surface area contributed by atoms with Gasteiger partial charge in [-0.3, -0.25) is 4.79 Å². The van der Waals surface area contributed by atoms with Gasteiger partial charge in [-0.2, -0.15) is 0 Å². The summed E-state index contributed by atoms with van der Waals surface area (Å²) in [6, 6.07) is -0.653. The predicted octanol–water partition coefficient (Wildman–Crippen LogP) is 0.167. The van der Waals surface area contributed by atoms with Crippen molar-refractivity contribution < 1.29 is 24.9 Å². The van der Waals surface area contributed by atoms with Crippen LogP contribution in [0.3, 0.4) is 0 Å². The van der Waals surface area contributed by atoms with Crippen LogP contribution in [0, 0.1) is 11.8 Å². The van der Waals surface area contributed by atoms with Gasteiger partial charge in [0.25, 0.3) is 0 Å². The summed E-state index contributed by atoms with van der Waals surface area (Å²) in [6.45, 7) is 6.87. The molecule has 2 rings (SSSR count). The molecular weight excluding hydrogens is 336 g/mol. The molecule has 152 valence electrons. The zero-order chi connectivity index (χ0) is 19.3. The van der Waals surface area contributed by atoms with E-state index in [4.69, 9.17) is 4.74 Å². The Labute approximate surface area is 156 Å². The van der Waals surface area contributed by atoms with Crippen LogP contribution in [0.15, 0.2) is 0 Å². The molecule has 0 bridgehead atoms. The molecule has 2 aliphatic rings. The second kappa shape index (κ2) is 9.99. The molecule has 2 saturated heterocycles. The van der Waals surface area contributed by atoms with Crippen molar-refractivity contribution in [3.05, 3.63) is 0 Å². The van der Waals surface area contributed by atoms with Crippen molar-refractivity contribution in [2.45, 2.75) is 89.4 Å². The van der Waals surface area contributed by atoms with E-state index < -0.39 is 30.5 Å². The van der Waals surface area contributed by atoms with Crippen molar-refractivity contribution in [3.8, 4) is 0 Å². The van der Waals surface area contributed by atoms with Crippen LogP contribution in [-0.2, 0) is 9.53 Å². The lowest BCUT2D eigenvalue weighted by Crippen LogP contribution is -2.62. The maximum absolute atomic E-state index is 12.7. The molecule has 1 amide bonds. The first-order chi connectivity index (χ1) is 12.3. The highest BCUT2D eigenvalue weighted by atomic mass is 16.5. The van der Waals surface area contributed by atoms with Gasteiger partial charge in [0.2, 0.25) is 5.91 Å². The fourth-order valence-corrected chi connectivity index (χ4v) is 3.95. The van der Waals surface area contributed by atoms with Crippen LogP contribution < -0.4 is 10.6 Å². The zero-order valence-corrected chi connectivity index (χ0v) is 16.2. The third kappa shape index (κ3) is 5.39. The zero-order valence-electron chi connectivity index (χ0n) is 16.2. The Balaban J connectivity index is 1.90. The number of unbranched alkanes of at least 4 members (excludes halogenated alkanes) is 2. The number of amides is 1. The quantitative estimate of drug-likeness (QED) is 0.388. The van der Waals surface area contributed by atoms with E-state index in [2.05, 4.69) is 17.6 Å². The van der Waals surface area contributed by atoms with Gasteiger partial charge in [-0.15, -0.1) is 0 Å². The average Bonchev–Trinajstić information content (AvgIpc) is 3.07. The number of ether oxygens (including phenoxy) is 1. The van der Waals surface area contributed by atoms with Crippen molar-refractivity contribution >= 4 is 5.91 Å². The molecule has 0 spiro atoms. The van der Waals surface area contributed by atoms with Gasteiger partial charge < -0.3 is 30.7 Å². The van der Waals surface area contributed by atoms with Gasteiger partial charge in [0, 0.05) is 0 Å². The van der Waals surface area contributed by atoms with Gasteiger partial charge in [0.1, 0.15) is 24.4 Å². The maximum Gasteiger partial charge on any atom is 0.237 e. The van der Waals surface area contributed by atoms with E-state index >= 15 is 0 Å². The molecule has 0 aromatic carbocycles. The van der Waals surface area contributed by atoms with E-state index in [1.165, 1.54) is 19.3 Å². The summed E-state index contributed by atoms with van der Waals surface area (Å²) >= 11 is 0. The number of aliphatic hydroxyl groups is 3. The molecule has 0 radical (unpaired) electrons. The predicted molar refractivity (Wildman–Crippen MR) is 98.6 cm³/mol. The first-order valence-corrected chi connectivity index (χ1v) is 10.0. The van der Waals surface area contributed by atoms with Crippen LogP contribution in [-0.4, -0.2) is 70.9 Å². The third-order valence-corrected chi connectivity index (χ3v) is 5.68. The van der Waals surface area contributed by atoms with E-state index in [0.717, 1.165) is 19.4 Å². The van der Waals surface area contributed by atoms with Gasteiger partial charge >= 0.3 is 0 Å². The van der Waals surface area contributed by atoms with Crippen molar-refractivity contribution in [1.29, 1.82) is 0 Å². The standard InChI is InChI=1S/C19H36N2O5/c1-4-5-6-7-12-8-13(20-9-12)19(25)21-15(11(2)3)18-17(24)16(23)14(22)10-26-18/h11-18,20,22-24H,4-10H2,1-3H3,(H,21,25). The molecule has 7 heteroatoms. The van der Waals surface area contributed by atoms with Gasteiger partial charge in [-0.25, -0.2) is 0 Å². The van der Waals surface area contributed by atoms with Crippen LogP contribution in [0.25, 0.3) is 0 Å². The van der Waals surface area contributed by atoms with Crippen LogP contribution in [0.4, 0.5) is 0 Å². The Kier molecular flexibility index (Phi) is 8.29. The van der Waals surface area contributed by atoms with Gasteiger partial charge in [-0.1, -0.05) is 40.0 Å². The maximum atomic E-state index is 12.7. The first-order valence-electron chi connectivity index (χ1n) is 10.0. The largest absolute Gasteiger partial charge is 0.388 e. The monoisotopic (exact) mass is 372 g/mol. The molecule has 26 heavy (non-hydrogen) atoms. The fraction of sp³-hybridized carbons (Fsp3) is 0.947. The van der Waals surface area contributed by atoms with Crippen LogP contribution in [0.2, 0.25) is 0 Å². The minimum Gasteiger partial charge on any atom is -0.388 e. The lowest BCUT2D eigenvalue weighted by atomic mass is 9.88. The molecule has 2 heterocycles. The Morgan fingerprint density at radius 3 is 2.62 bits per heavy atom. The van der Waals surface area contributed by atoms with Crippen LogP contribution in [0.5, 0.6) is 0 Å². The number of hydrogen-bond acceptors (Lipinski definition) is 6. The normalized spacial score (nSPS) is 36.3. The third-order valence-electron chi connectivity index (χ3n) is 5.68. The number of nitrogens with one attached hydrogen (secondary N) is 2. The minimum absolute atomic E-state index is 0.0165. The average molecular weight is 373 g/mol. The smallest absolute Gasteiger partial charge is 0.237 e. The highest BCUT2D eigenvalue weighted by molar-refractivity contribution is 5.82. The van der Waals surface area contributed by atoms with Crippen LogP contribution in [0.1, 0.15) is 52.9 Å². The molecule has 7 nitrogen and oxygen atoms in total. The van der Waals surface area contributed by atoms with E-state index in [9.17, 15) is 20.1 Å². The molecule has 0 aromatic rings. The Hall–Kier alpha value is -0.730. The van der Waals surface area contributed by atoms with Crippen molar-refractivity contribution in [1.82, 2.24) is 10.6 Å². The summed E-state index contributed by atoms with van der Waals surface area (Å²) in [4.78, 5) is 12.7. The Morgan fingerprint density at radius 2 is 1.96 bits per heavy atom. The second-order valence-electron chi connectivity index (χ2n) is 8.18. The highest BCUT2D eigenvalue weighted by Crippen LogP contribution is 2.24. The number of rotatable bonds is 8. The first kappa shape index (κ1) is 21.6. The van der Waals surface area contributed by atoms with Gasteiger partial charge in [0.05, 0.1) is 18.7 Å². The molecule has 0 saturated carbocycles. The Bertz CT molecular complexity index is 448. The van der Waals surface area contributed by atoms with Crippen LogP contribution >= 0.6 is 0 Å². The lowest BCUT2D eigenvalue weighted by Gasteiger charge is -2.41. The summed E-state index contributed by atoms with van der Waals surface area (Å²) < 4.78 is 5.55. The molecule has 5 N–H and O–H groups in total. The molecule has 7 unspecified atom stereocenters. The lowest BCUT2D eigenvalue weighted by molar-refractivity contribution is -0.197. The fourth-order valence-electron chi connectivity index (χ4n) is 3.95. The number of hydrogen-bond donors (Lipinski definition) is 5. The Morgan fingerprint density at radius 1 is 1.23 bits per heavy atom.